The lowest BCUT2D eigenvalue weighted by Crippen LogP contribution is -2.35. The number of piperidine rings is 1. The van der Waals surface area contributed by atoms with E-state index in [0.717, 1.165) is 43.9 Å². The number of allylic oxidation sites excluding steroid dienone is 1. The number of hydrogen-bond donors (Lipinski definition) is 1. The molecule has 0 saturated carbocycles. The number of nitrogens with two attached hydrogens (primary N) is 1. The van der Waals surface area contributed by atoms with Gasteiger partial charge in [-0.15, -0.1) is 5.10 Å². The van der Waals surface area contributed by atoms with Crippen LogP contribution in [0, 0.1) is 11.9 Å². The van der Waals surface area contributed by atoms with Crippen LogP contribution in [-0.2, 0) is 20.1 Å². The summed E-state index contributed by atoms with van der Waals surface area (Å²) in [6.07, 6.45) is 9.22. The first-order valence-electron chi connectivity index (χ1n) is 8.45. The van der Waals surface area contributed by atoms with Gasteiger partial charge in [0.1, 0.15) is 0 Å². The lowest BCUT2D eigenvalue weighted by molar-refractivity contribution is 0.201. The molecule has 3 rings (SSSR count). The summed E-state index contributed by atoms with van der Waals surface area (Å²) in [5, 5.41) is 12.0. The molecule has 0 aliphatic carbocycles. The summed E-state index contributed by atoms with van der Waals surface area (Å²) in [5.41, 5.74) is 7.73. The van der Waals surface area contributed by atoms with Crippen LogP contribution in [0.3, 0.4) is 0 Å². The molecular weight excluding hydrogens is 321 g/mol. The molecule has 0 bridgehead atoms. The van der Waals surface area contributed by atoms with Crippen LogP contribution in [0.1, 0.15) is 24.1 Å². The maximum absolute atomic E-state index is 13.8. The fraction of sp³-hybridized carbons (Fsp3) is 0.471. The van der Waals surface area contributed by atoms with Gasteiger partial charge in [0, 0.05) is 50.7 Å². The van der Waals surface area contributed by atoms with E-state index in [1.165, 1.54) is 10.9 Å². The summed E-state index contributed by atoms with van der Waals surface area (Å²) in [4.78, 5) is 2.24. The summed E-state index contributed by atoms with van der Waals surface area (Å²) in [5.74, 6) is 0.129. The summed E-state index contributed by atoms with van der Waals surface area (Å²) in [6.45, 7) is 7.21. The Kier molecular flexibility index (Phi) is 5.28. The summed E-state index contributed by atoms with van der Waals surface area (Å²) in [6, 6.07) is 0. The largest absolute Gasteiger partial charge is 0.372 e. The lowest BCUT2D eigenvalue weighted by atomic mass is 9.97. The van der Waals surface area contributed by atoms with Crippen molar-refractivity contribution >= 4 is 6.08 Å². The second-order valence-corrected chi connectivity index (χ2v) is 6.43. The predicted octanol–water partition coefficient (Wildman–Crippen LogP) is 1.55. The molecule has 1 saturated heterocycles. The fourth-order valence-electron chi connectivity index (χ4n) is 3.10. The smallest absolute Gasteiger partial charge is 0.218 e. The van der Waals surface area contributed by atoms with Gasteiger partial charge >= 0.3 is 0 Å². The van der Waals surface area contributed by atoms with E-state index in [9.17, 15) is 4.39 Å². The van der Waals surface area contributed by atoms with Crippen molar-refractivity contribution in [3.8, 4) is 0 Å². The van der Waals surface area contributed by atoms with Crippen LogP contribution >= 0.6 is 0 Å². The van der Waals surface area contributed by atoms with Crippen molar-refractivity contribution < 1.29 is 4.39 Å². The third-order valence-electron chi connectivity index (χ3n) is 4.51. The molecule has 0 amide bonds. The topological polar surface area (TPSA) is 77.8 Å². The monoisotopic (exact) mass is 345 g/mol. The van der Waals surface area contributed by atoms with Gasteiger partial charge in [0.2, 0.25) is 5.95 Å². The Morgan fingerprint density at radius 3 is 3.04 bits per heavy atom. The van der Waals surface area contributed by atoms with Crippen LogP contribution in [0.5, 0.6) is 0 Å². The third kappa shape index (κ3) is 4.14. The molecule has 7 nitrogen and oxygen atoms in total. The van der Waals surface area contributed by atoms with E-state index in [1.54, 1.807) is 13.1 Å². The summed E-state index contributed by atoms with van der Waals surface area (Å²) < 4.78 is 16.8. The average molecular weight is 345 g/mol. The minimum atomic E-state index is -0.345. The van der Waals surface area contributed by atoms with Crippen molar-refractivity contribution in [2.24, 2.45) is 18.7 Å². The van der Waals surface area contributed by atoms with Gasteiger partial charge in [-0.2, -0.15) is 9.49 Å². The molecule has 2 aromatic rings. The van der Waals surface area contributed by atoms with Crippen LogP contribution in [-0.4, -0.2) is 42.8 Å². The molecule has 3 heterocycles. The van der Waals surface area contributed by atoms with E-state index < -0.39 is 0 Å². The Balaban J connectivity index is 1.58. The maximum atomic E-state index is 13.8. The standard InChI is InChI=1S/C17H24FN7/c1-13(5-6-15-9-20-23(2)17(15)18)24-7-3-4-14(10-24)11-25-12-16(8-19)21-22-25/h5-6,9,12,14H,1,3-4,7-8,10-11,19H2,2H3/b6-5+/t14-/m1/s1. The third-order valence-corrected chi connectivity index (χ3v) is 4.51. The Morgan fingerprint density at radius 2 is 2.36 bits per heavy atom. The quantitative estimate of drug-likeness (QED) is 0.804. The molecule has 8 heteroatoms. The molecule has 25 heavy (non-hydrogen) atoms. The Bertz CT molecular complexity index is 761. The van der Waals surface area contributed by atoms with Gasteiger partial charge in [-0.25, -0.2) is 4.68 Å². The molecule has 2 aromatic heterocycles. The number of aromatic nitrogens is 5. The summed E-state index contributed by atoms with van der Waals surface area (Å²) in [7, 11) is 1.58. The molecule has 1 aliphatic heterocycles. The van der Waals surface area contributed by atoms with Crippen LogP contribution in [0.4, 0.5) is 4.39 Å². The van der Waals surface area contributed by atoms with Crippen molar-refractivity contribution in [2.75, 3.05) is 13.1 Å². The number of rotatable bonds is 6. The zero-order chi connectivity index (χ0) is 17.8. The number of likely N-dealkylation sites (tertiary alicyclic amines) is 1. The van der Waals surface area contributed by atoms with Crippen molar-refractivity contribution in [3.05, 3.63) is 48.0 Å². The van der Waals surface area contributed by atoms with Crippen molar-refractivity contribution in [1.29, 1.82) is 0 Å². The highest BCUT2D eigenvalue weighted by Crippen LogP contribution is 2.22. The van der Waals surface area contributed by atoms with Crippen LogP contribution in [0.25, 0.3) is 6.08 Å². The van der Waals surface area contributed by atoms with Gasteiger partial charge in [-0.1, -0.05) is 11.8 Å². The first kappa shape index (κ1) is 17.3. The number of nitrogens with zero attached hydrogens (tertiary/aromatic N) is 6. The van der Waals surface area contributed by atoms with E-state index in [4.69, 9.17) is 5.73 Å². The van der Waals surface area contributed by atoms with Gasteiger partial charge < -0.3 is 10.6 Å². The van der Waals surface area contributed by atoms with Crippen LogP contribution in [0.2, 0.25) is 0 Å². The zero-order valence-corrected chi connectivity index (χ0v) is 14.5. The molecular formula is C17H24FN7. The van der Waals surface area contributed by atoms with Gasteiger partial charge in [0.25, 0.3) is 0 Å². The number of hydrogen-bond acceptors (Lipinski definition) is 5. The van der Waals surface area contributed by atoms with Crippen LogP contribution in [0.15, 0.2) is 30.7 Å². The lowest BCUT2D eigenvalue weighted by Gasteiger charge is -2.34. The highest BCUT2D eigenvalue weighted by atomic mass is 19.1. The number of halogens is 1. The molecule has 0 unspecified atom stereocenters. The molecule has 0 radical (unpaired) electrons. The second kappa shape index (κ2) is 7.60. The SMILES string of the molecule is C=C(/C=C/c1cnn(C)c1F)N1CCC[C@@H](Cn2cc(CN)nn2)C1. The van der Waals surface area contributed by atoms with E-state index >= 15 is 0 Å². The van der Waals surface area contributed by atoms with Gasteiger partial charge in [-0.3, -0.25) is 4.68 Å². The minimum absolute atomic E-state index is 0.345. The first-order chi connectivity index (χ1) is 12.1. The minimum Gasteiger partial charge on any atom is -0.372 e. The van der Waals surface area contributed by atoms with Gasteiger partial charge in [0.05, 0.1) is 11.9 Å². The predicted molar refractivity (Wildman–Crippen MR) is 93.6 cm³/mol. The summed E-state index contributed by atoms with van der Waals surface area (Å²) >= 11 is 0. The molecule has 0 spiro atoms. The highest BCUT2D eigenvalue weighted by Gasteiger charge is 2.21. The van der Waals surface area contributed by atoms with E-state index in [-0.39, 0.29) is 5.95 Å². The molecule has 1 aliphatic rings. The average Bonchev–Trinajstić information content (AvgIpc) is 3.20. The number of aryl methyl sites for hydroxylation is 1. The van der Waals surface area contributed by atoms with E-state index in [2.05, 4.69) is 26.9 Å². The van der Waals surface area contributed by atoms with Crippen molar-refractivity contribution in [3.63, 3.8) is 0 Å². The normalized spacial score (nSPS) is 18.2. The molecule has 2 N–H and O–H groups in total. The molecule has 0 aromatic carbocycles. The van der Waals surface area contributed by atoms with Gasteiger partial charge in [-0.05, 0) is 30.9 Å². The van der Waals surface area contributed by atoms with Crippen LogP contribution < -0.4 is 5.73 Å². The van der Waals surface area contributed by atoms with Gasteiger partial charge in [0.15, 0.2) is 0 Å². The Morgan fingerprint density at radius 1 is 1.52 bits per heavy atom. The fourth-order valence-corrected chi connectivity index (χ4v) is 3.10. The molecule has 134 valence electrons. The Hall–Kier alpha value is -2.48. The first-order valence-corrected chi connectivity index (χ1v) is 8.45. The molecule has 1 fully saturated rings. The second-order valence-electron chi connectivity index (χ2n) is 6.43. The zero-order valence-electron chi connectivity index (χ0n) is 14.5. The highest BCUT2D eigenvalue weighted by molar-refractivity contribution is 5.51. The Labute approximate surface area is 146 Å². The van der Waals surface area contributed by atoms with E-state index in [0.29, 0.717) is 18.0 Å². The maximum Gasteiger partial charge on any atom is 0.218 e. The molecule has 1 atom stereocenters. The van der Waals surface area contributed by atoms with E-state index in [1.807, 2.05) is 17.0 Å². The van der Waals surface area contributed by atoms with Crippen molar-refractivity contribution in [1.82, 2.24) is 29.7 Å². The van der Waals surface area contributed by atoms with Crippen molar-refractivity contribution in [2.45, 2.75) is 25.9 Å².